The number of aryl methyl sites for hydroxylation is 1. The van der Waals surface area contributed by atoms with E-state index < -0.39 is 0 Å². The van der Waals surface area contributed by atoms with E-state index >= 15 is 0 Å². The molecule has 0 bridgehead atoms. The highest BCUT2D eigenvalue weighted by atomic mass is 16.6. The zero-order chi connectivity index (χ0) is 15.5. The van der Waals surface area contributed by atoms with E-state index in [1.807, 2.05) is 13.0 Å². The molecule has 0 unspecified atom stereocenters. The van der Waals surface area contributed by atoms with Gasteiger partial charge in [-0.3, -0.25) is 10.1 Å². The summed E-state index contributed by atoms with van der Waals surface area (Å²) >= 11 is 0. The second kappa shape index (κ2) is 6.18. The maximum absolute atomic E-state index is 10.8. The molecule has 0 radical (unpaired) electrons. The first-order chi connectivity index (χ1) is 10.6. The molecule has 0 amide bonds. The van der Waals surface area contributed by atoms with E-state index in [1.165, 1.54) is 5.56 Å². The predicted octanol–water partition coefficient (Wildman–Crippen LogP) is 4.29. The lowest BCUT2D eigenvalue weighted by Gasteiger charge is -2.34. The number of hydrogen-bond acceptors (Lipinski definition) is 3. The average molecular weight is 296 g/mol. The second-order valence-electron chi connectivity index (χ2n) is 5.90. The van der Waals surface area contributed by atoms with Crippen molar-refractivity contribution in [3.05, 3.63) is 69.8 Å². The van der Waals surface area contributed by atoms with Gasteiger partial charge in [-0.05, 0) is 42.9 Å². The molecule has 0 saturated carbocycles. The van der Waals surface area contributed by atoms with Crippen LogP contribution in [0.25, 0.3) is 0 Å². The van der Waals surface area contributed by atoms with E-state index in [2.05, 4.69) is 35.2 Å². The van der Waals surface area contributed by atoms with E-state index in [1.54, 1.807) is 12.1 Å². The number of nitro groups is 1. The molecule has 1 aliphatic heterocycles. The van der Waals surface area contributed by atoms with Gasteiger partial charge in [0.1, 0.15) is 0 Å². The van der Waals surface area contributed by atoms with Gasteiger partial charge in [-0.15, -0.1) is 0 Å². The number of nitrogens with zero attached hydrogens (tertiary/aromatic N) is 2. The lowest BCUT2D eigenvalue weighted by Crippen LogP contribution is -2.33. The third kappa shape index (κ3) is 2.96. The van der Waals surface area contributed by atoms with Gasteiger partial charge in [0, 0.05) is 30.9 Å². The zero-order valence-electron chi connectivity index (χ0n) is 12.7. The topological polar surface area (TPSA) is 46.4 Å². The Labute approximate surface area is 130 Å². The third-order valence-electron chi connectivity index (χ3n) is 4.50. The summed E-state index contributed by atoms with van der Waals surface area (Å²) in [4.78, 5) is 12.8. The summed E-state index contributed by atoms with van der Waals surface area (Å²) in [7, 11) is 0. The Balaban J connectivity index is 1.70. The van der Waals surface area contributed by atoms with Crippen LogP contribution in [0.2, 0.25) is 0 Å². The SMILES string of the molecule is Cc1cc([N+](=O)[O-])ccc1N1CCC(c2ccccc2)CC1. The van der Waals surface area contributed by atoms with Crippen molar-refractivity contribution in [2.24, 2.45) is 0 Å². The van der Waals surface area contributed by atoms with Gasteiger partial charge in [0.2, 0.25) is 0 Å². The molecule has 0 aliphatic carbocycles. The number of piperidine rings is 1. The molecule has 2 aromatic rings. The molecule has 22 heavy (non-hydrogen) atoms. The highest BCUT2D eigenvalue weighted by Crippen LogP contribution is 2.32. The lowest BCUT2D eigenvalue weighted by molar-refractivity contribution is -0.384. The maximum atomic E-state index is 10.8. The van der Waals surface area contributed by atoms with Crippen molar-refractivity contribution in [3.63, 3.8) is 0 Å². The first kappa shape index (κ1) is 14.6. The lowest BCUT2D eigenvalue weighted by atomic mass is 9.89. The number of hydrogen-bond donors (Lipinski definition) is 0. The Morgan fingerprint density at radius 1 is 1.09 bits per heavy atom. The van der Waals surface area contributed by atoms with Crippen molar-refractivity contribution in [1.29, 1.82) is 0 Å². The Bertz CT molecular complexity index is 662. The number of nitro benzene ring substituents is 1. The largest absolute Gasteiger partial charge is 0.371 e. The zero-order valence-corrected chi connectivity index (χ0v) is 12.7. The number of rotatable bonds is 3. The minimum Gasteiger partial charge on any atom is -0.371 e. The molecule has 114 valence electrons. The van der Waals surface area contributed by atoms with Gasteiger partial charge in [-0.1, -0.05) is 30.3 Å². The summed E-state index contributed by atoms with van der Waals surface area (Å²) in [6, 6.07) is 15.8. The summed E-state index contributed by atoms with van der Waals surface area (Å²) < 4.78 is 0. The molecule has 4 heteroatoms. The van der Waals surface area contributed by atoms with Crippen LogP contribution in [-0.4, -0.2) is 18.0 Å². The van der Waals surface area contributed by atoms with Crippen LogP contribution < -0.4 is 4.90 Å². The highest BCUT2D eigenvalue weighted by molar-refractivity contribution is 5.57. The first-order valence-electron chi connectivity index (χ1n) is 7.70. The molecule has 3 rings (SSSR count). The molecule has 1 fully saturated rings. The normalized spacial score (nSPS) is 15.8. The molecule has 0 N–H and O–H groups in total. The predicted molar refractivity (Wildman–Crippen MR) is 88.5 cm³/mol. The molecule has 1 heterocycles. The van der Waals surface area contributed by atoms with Crippen LogP contribution in [0.4, 0.5) is 11.4 Å². The molecule has 2 aromatic carbocycles. The van der Waals surface area contributed by atoms with E-state index in [4.69, 9.17) is 0 Å². The summed E-state index contributed by atoms with van der Waals surface area (Å²) in [5, 5.41) is 10.8. The van der Waals surface area contributed by atoms with Crippen LogP contribution in [0.15, 0.2) is 48.5 Å². The smallest absolute Gasteiger partial charge is 0.269 e. The summed E-state index contributed by atoms with van der Waals surface area (Å²) in [5.41, 5.74) is 3.69. The minimum atomic E-state index is -0.335. The van der Waals surface area contributed by atoms with Crippen molar-refractivity contribution in [2.45, 2.75) is 25.7 Å². The van der Waals surface area contributed by atoms with Gasteiger partial charge >= 0.3 is 0 Å². The van der Waals surface area contributed by atoms with Gasteiger partial charge in [-0.25, -0.2) is 0 Å². The first-order valence-corrected chi connectivity index (χ1v) is 7.70. The molecule has 0 atom stereocenters. The number of non-ortho nitro benzene ring substituents is 1. The molecule has 4 nitrogen and oxygen atoms in total. The van der Waals surface area contributed by atoms with Crippen LogP contribution in [0.1, 0.15) is 29.9 Å². The summed E-state index contributed by atoms with van der Waals surface area (Å²) in [6.45, 7) is 3.95. The quantitative estimate of drug-likeness (QED) is 0.627. The van der Waals surface area contributed by atoms with Crippen LogP contribution in [0.3, 0.4) is 0 Å². The Kier molecular flexibility index (Phi) is 4.09. The molecule has 0 spiro atoms. The second-order valence-corrected chi connectivity index (χ2v) is 5.90. The van der Waals surface area contributed by atoms with Gasteiger partial charge < -0.3 is 4.90 Å². The fraction of sp³-hybridized carbons (Fsp3) is 0.333. The van der Waals surface area contributed by atoms with Crippen LogP contribution in [0.5, 0.6) is 0 Å². The van der Waals surface area contributed by atoms with E-state index in [-0.39, 0.29) is 10.6 Å². The van der Waals surface area contributed by atoms with Crippen molar-refractivity contribution in [2.75, 3.05) is 18.0 Å². The fourth-order valence-electron chi connectivity index (χ4n) is 3.29. The van der Waals surface area contributed by atoms with E-state index in [0.29, 0.717) is 5.92 Å². The molecular weight excluding hydrogens is 276 g/mol. The molecular formula is C18H20N2O2. The summed E-state index contributed by atoms with van der Waals surface area (Å²) in [5.74, 6) is 0.621. The average Bonchev–Trinajstić information content (AvgIpc) is 2.56. The van der Waals surface area contributed by atoms with E-state index in [0.717, 1.165) is 37.2 Å². The van der Waals surface area contributed by atoms with Gasteiger partial charge in [0.05, 0.1) is 4.92 Å². The van der Waals surface area contributed by atoms with Crippen molar-refractivity contribution in [1.82, 2.24) is 0 Å². The van der Waals surface area contributed by atoms with Crippen molar-refractivity contribution in [3.8, 4) is 0 Å². The van der Waals surface area contributed by atoms with Gasteiger partial charge in [0.15, 0.2) is 0 Å². The monoisotopic (exact) mass is 296 g/mol. The summed E-state index contributed by atoms with van der Waals surface area (Å²) in [6.07, 6.45) is 2.25. The Morgan fingerprint density at radius 2 is 1.77 bits per heavy atom. The van der Waals surface area contributed by atoms with Crippen LogP contribution in [-0.2, 0) is 0 Å². The molecule has 0 aromatic heterocycles. The fourth-order valence-corrected chi connectivity index (χ4v) is 3.29. The van der Waals surface area contributed by atoms with Crippen LogP contribution in [0, 0.1) is 17.0 Å². The standard InChI is InChI=1S/C18H20N2O2/c1-14-13-17(20(21)22)7-8-18(14)19-11-9-16(10-12-19)15-5-3-2-4-6-15/h2-8,13,16H,9-12H2,1H3. The Morgan fingerprint density at radius 3 is 2.36 bits per heavy atom. The van der Waals surface area contributed by atoms with E-state index in [9.17, 15) is 10.1 Å². The van der Waals surface area contributed by atoms with Crippen molar-refractivity contribution < 1.29 is 4.92 Å². The number of anilines is 1. The maximum Gasteiger partial charge on any atom is 0.269 e. The molecule has 1 saturated heterocycles. The Hall–Kier alpha value is -2.36. The number of benzene rings is 2. The minimum absolute atomic E-state index is 0.167. The highest BCUT2D eigenvalue weighted by Gasteiger charge is 2.22. The van der Waals surface area contributed by atoms with Gasteiger partial charge in [-0.2, -0.15) is 0 Å². The van der Waals surface area contributed by atoms with Crippen LogP contribution >= 0.6 is 0 Å². The van der Waals surface area contributed by atoms with Crippen molar-refractivity contribution >= 4 is 11.4 Å². The van der Waals surface area contributed by atoms with Gasteiger partial charge in [0.25, 0.3) is 5.69 Å². The third-order valence-corrected chi connectivity index (χ3v) is 4.50. The molecule has 1 aliphatic rings.